The molecular weight excluding hydrogens is 400 g/mol. The van der Waals surface area contributed by atoms with E-state index in [1.807, 2.05) is 12.1 Å². The Kier molecular flexibility index (Phi) is 5.12. The normalized spacial score (nSPS) is 22.8. The Hall–Kier alpha value is -2.96. The quantitative estimate of drug-likeness (QED) is 0.575. The molecule has 2 aliphatic rings. The van der Waals surface area contributed by atoms with Crippen molar-refractivity contribution in [1.29, 1.82) is 0 Å². The first kappa shape index (κ1) is 20.0. The molecule has 2 aromatic carbocycles. The van der Waals surface area contributed by atoms with E-state index in [2.05, 4.69) is 26.9 Å². The first-order valence-corrected chi connectivity index (χ1v) is 10.7. The minimum absolute atomic E-state index is 0.0148. The van der Waals surface area contributed by atoms with Gasteiger partial charge in [-0.25, -0.2) is 0 Å². The van der Waals surface area contributed by atoms with Crippen molar-refractivity contribution in [3.63, 3.8) is 0 Å². The highest BCUT2D eigenvalue weighted by Crippen LogP contribution is 2.44. The second-order valence-electron chi connectivity index (χ2n) is 8.81. The Labute approximate surface area is 179 Å². The van der Waals surface area contributed by atoms with E-state index in [0.717, 1.165) is 23.0 Å². The van der Waals surface area contributed by atoms with Gasteiger partial charge >= 0.3 is 6.61 Å². The van der Waals surface area contributed by atoms with E-state index in [4.69, 9.17) is 0 Å². The van der Waals surface area contributed by atoms with Crippen LogP contribution in [0, 0.1) is 11.8 Å². The first-order chi connectivity index (χ1) is 15.0. The summed E-state index contributed by atoms with van der Waals surface area (Å²) in [5.74, 6) is 2.60. The Bertz CT molecular complexity index is 1080. The van der Waals surface area contributed by atoms with Crippen molar-refractivity contribution in [2.45, 2.75) is 44.8 Å². The lowest BCUT2D eigenvalue weighted by atomic mass is 9.85. The van der Waals surface area contributed by atoms with Crippen molar-refractivity contribution >= 4 is 16.6 Å². The molecule has 31 heavy (non-hydrogen) atoms. The molecule has 5 nitrogen and oxygen atoms in total. The summed E-state index contributed by atoms with van der Waals surface area (Å²) in [4.78, 5) is 2.24. The summed E-state index contributed by atoms with van der Waals surface area (Å²) < 4.78 is 29.3. The van der Waals surface area contributed by atoms with Gasteiger partial charge < -0.3 is 14.7 Å². The van der Waals surface area contributed by atoms with Gasteiger partial charge in [-0.1, -0.05) is 18.9 Å². The number of nitrogens with zero attached hydrogens (tertiary/aromatic N) is 3. The maximum Gasteiger partial charge on any atom is 0.387 e. The average Bonchev–Trinajstić information content (AvgIpc) is 3.10. The lowest BCUT2D eigenvalue weighted by Gasteiger charge is -2.35. The van der Waals surface area contributed by atoms with E-state index >= 15 is 0 Å². The van der Waals surface area contributed by atoms with Crippen LogP contribution < -0.4 is 9.64 Å². The van der Waals surface area contributed by atoms with Crippen LogP contribution in [-0.4, -0.2) is 35.0 Å². The van der Waals surface area contributed by atoms with Crippen LogP contribution in [-0.2, 0) is 0 Å². The number of fused-ring (bicyclic) bond motifs is 3. The molecule has 1 unspecified atom stereocenters. The number of alkyl halides is 2. The summed E-state index contributed by atoms with van der Waals surface area (Å²) in [5.41, 5.74) is 1.11. The molecule has 0 aliphatic heterocycles. The predicted molar refractivity (Wildman–Crippen MR) is 116 cm³/mol. The van der Waals surface area contributed by atoms with Gasteiger partial charge in [0.15, 0.2) is 5.82 Å². The largest absolute Gasteiger partial charge is 0.507 e. The van der Waals surface area contributed by atoms with Crippen LogP contribution in [0.25, 0.3) is 22.0 Å². The third kappa shape index (κ3) is 4.01. The number of aromatic hydroxyl groups is 1. The van der Waals surface area contributed by atoms with Gasteiger partial charge in [0.1, 0.15) is 11.5 Å². The Balaban J connectivity index is 1.38. The highest BCUT2D eigenvalue weighted by atomic mass is 19.3. The SMILES string of the molecule is CN(c1ccc(-c2cc3ccc(OC(F)F)cc3cc2O)nn1)C1C[C@H]2CC[C@@H](C1)C2. The number of halogens is 2. The third-order valence-corrected chi connectivity index (χ3v) is 6.85. The van der Waals surface area contributed by atoms with Crippen LogP contribution in [0.1, 0.15) is 32.1 Å². The molecule has 1 N–H and O–H groups in total. The van der Waals surface area contributed by atoms with E-state index in [1.54, 1.807) is 12.1 Å². The van der Waals surface area contributed by atoms with Gasteiger partial charge in [-0.3, -0.25) is 0 Å². The Morgan fingerprint density at radius 2 is 1.74 bits per heavy atom. The molecule has 0 saturated heterocycles. The summed E-state index contributed by atoms with van der Waals surface area (Å²) >= 11 is 0. The molecule has 2 saturated carbocycles. The van der Waals surface area contributed by atoms with Gasteiger partial charge in [0.2, 0.25) is 0 Å². The fourth-order valence-corrected chi connectivity index (χ4v) is 5.28. The van der Waals surface area contributed by atoms with Gasteiger partial charge in [0, 0.05) is 18.7 Å². The van der Waals surface area contributed by atoms with Gasteiger partial charge in [-0.2, -0.15) is 8.78 Å². The molecule has 0 spiro atoms. The van der Waals surface area contributed by atoms with Crippen molar-refractivity contribution in [3.8, 4) is 22.8 Å². The van der Waals surface area contributed by atoms with E-state index < -0.39 is 6.61 Å². The highest BCUT2D eigenvalue weighted by molar-refractivity contribution is 5.90. The number of rotatable bonds is 5. The lowest BCUT2D eigenvalue weighted by molar-refractivity contribution is -0.0497. The van der Waals surface area contributed by atoms with Gasteiger partial charge in [0.05, 0.1) is 5.69 Å². The van der Waals surface area contributed by atoms with Gasteiger partial charge in [-0.15, -0.1) is 10.2 Å². The topological polar surface area (TPSA) is 58.5 Å². The predicted octanol–water partition coefficient (Wildman–Crippen LogP) is 5.62. The first-order valence-electron chi connectivity index (χ1n) is 10.7. The monoisotopic (exact) mass is 425 g/mol. The van der Waals surface area contributed by atoms with Crippen molar-refractivity contribution in [2.75, 3.05) is 11.9 Å². The second-order valence-corrected chi connectivity index (χ2v) is 8.81. The lowest BCUT2D eigenvalue weighted by Crippen LogP contribution is -2.37. The highest BCUT2D eigenvalue weighted by Gasteiger charge is 2.36. The Morgan fingerprint density at radius 1 is 0.968 bits per heavy atom. The minimum Gasteiger partial charge on any atom is -0.507 e. The standard InChI is InChI=1S/C24H25F2N3O2/c1-29(18-9-14-2-3-15(8-14)10-18)23-7-6-21(27-28-23)20-12-16-4-5-19(31-24(25)26)11-17(16)13-22(20)30/h4-7,11-15,18,24,30H,2-3,8-10H2,1H3/t14-,15+,18?. The summed E-state index contributed by atoms with van der Waals surface area (Å²) in [6.45, 7) is -2.89. The summed E-state index contributed by atoms with van der Waals surface area (Å²) in [7, 11) is 2.09. The van der Waals surface area contributed by atoms with Crippen molar-refractivity contribution in [2.24, 2.45) is 11.8 Å². The number of aromatic nitrogens is 2. The molecule has 2 bridgehead atoms. The molecule has 0 radical (unpaired) electrons. The Morgan fingerprint density at radius 3 is 2.42 bits per heavy atom. The molecule has 7 heteroatoms. The van der Waals surface area contributed by atoms with Crippen LogP contribution in [0.15, 0.2) is 42.5 Å². The van der Waals surface area contributed by atoms with E-state index in [1.165, 1.54) is 50.3 Å². The zero-order valence-electron chi connectivity index (χ0n) is 17.3. The summed E-state index contributed by atoms with van der Waals surface area (Å²) in [5, 5.41) is 20.7. The average molecular weight is 425 g/mol. The van der Waals surface area contributed by atoms with Crippen LogP contribution in [0.3, 0.4) is 0 Å². The molecule has 3 aromatic rings. The van der Waals surface area contributed by atoms with E-state index in [0.29, 0.717) is 22.7 Å². The fourth-order valence-electron chi connectivity index (χ4n) is 5.28. The van der Waals surface area contributed by atoms with Crippen LogP contribution >= 0.6 is 0 Å². The van der Waals surface area contributed by atoms with Crippen LogP contribution in [0.4, 0.5) is 14.6 Å². The van der Waals surface area contributed by atoms with Crippen molar-refractivity contribution in [1.82, 2.24) is 10.2 Å². The molecule has 1 heterocycles. The van der Waals surface area contributed by atoms with E-state index in [-0.39, 0.29) is 11.5 Å². The van der Waals surface area contributed by atoms with Crippen LogP contribution in [0.2, 0.25) is 0 Å². The number of anilines is 1. The number of phenolic OH excluding ortho intramolecular Hbond substituents is 1. The fraction of sp³-hybridized carbons (Fsp3) is 0.417. The number of hydrogen-bond acceptors (Lipinski definition) is 5. The van der Waals surface area contributed by atoms with Crippen LogP contribution in [0.5, 0.6) is 11.5 Å². The molecule has 162 valence electrons. The zero-order chi connectivity index (χ0) is 21.5. The molecular formula is C24H25F2N3O2. The number of phenols is 1. The maximum absolute atomic E-state index is 12.4. The van der Waals surface area contributed by atoms with Crippen molar-refractivity contribution in [3.05, 3.63) is 42.5 Å². The zero-order valence-corrected chi connectivity index (χ0v) is 17.3. The van der Waals surface area contributed by atoms with Gasteiger partial charge in [0.25, 0.3) is 0 Å². The van der Waals surface area contributed by atoms with Gasteiger partial charge in [-0.05, 0) is 78.3 Å². The third-order valence-electron chi connectivity index (χ3n) is 6.85. The minimum atomic E-state index is -2.89. The number of ether oxygens (including phenoxy) is 1. The van der Waals surface area contributed by atoms with E-state index in [9.17, 15) is 13.9 Å². The summed E-state index contributed by atoms with van der Waals surface area (Å²) in [6, 6.07) is 12.3. The molecule has 5 rings (SSSR count). The smallest absolute Gasteiger partial charge is 0.387 e. The molecule has 2 fully saturated rings. The molecule has 2 aliphatic carbocycles. The molecule has 0 amide bonds. The van der Waals surface area contributed by atoms with Crippen molar-refractivity contribution < 1.29 is 18.6 Å². The number of benzene rings is 2. The summed E-state index contributed by atoms with van der Waals surface area (Å²) in [6.07, 6.45) is 6.54. The maximum atomic E-state index is 12.4. The second kappa shape index (κ2) is 7.94. The number of hydrogen-bond donors (Lipinski definition) is 1. The molecule has 3 atom stereocenters. The molecule has 1 aromatic heterocycles.